The predicted octanol–water partition coefficient (Wildman–Crippen LogP) is 2.83. The van der Waals surface area contributed by atoms with Gasteiger partial charge in [-0.15, -0.1) is 0 Å². The Kier molecular flexibility index (Phi) is 6.44. The largest absolute Gasteiger partial charge is 0.497 e. The number of allylic oxidation sites excluding steroid dienone is 1. The van der Waals surface area contributed by atoms with Crippen molar-refractivity contribution in [1.29, 1.82) is 0 Å². The number of carbonyl (C=O) groups excluding carboxylic acids is 2. The summed E-state index contributed by atoms with van der Waals surface area (Å²) in [5, 5.41) is 2.85. The molecule has 2 aliphatic heterocycles. The van der Waals surface area contributed by atoms with Crippen LogP contribution in [-0.4, -0.2) is 36.8 Å². The zero-order valence-electron chi connectivity index (χ0n) is 21.9. The molecule has 1 aromatic heterocycles. The van der Waals surface area contributed by atoms with E-state index in [0.29, 0.717) is 38.8 Å². The van der Waals surface area contributed by atoms with Gasteiger partial charge in [-0.25, -0.2) is 9.79 Å². The third-order valence-corrected chi connectivity index (χ3v) is 7.49. The summed E-state index contributed by atoms with van der Waals surface area (Å²) in [5.41, 5.74) is 3.26. The number of methoxy groups -OCH3 is 2. The number of thiazole rings is 1. The number of hydrogen-bond acceptors (Lipinski definition) is 8. The van der Waals surface area contributed by atoms with E-state index in [1.807, 2.05) is 25.1 Å². The number of rotatable bonds is 5. The number of nitrogens with one attached hydrogen (secondary N) is 1. The van der Waals surface area contributed by atoms with Crippen LogP contribution in [-0.2, 0) is 14.3 Å². The smallest absolute Gasteiger partial charge is 0.338 e. The summed E-state index contributed by atoms with van der Waals surface area (Å²) in [6.45, 7) is 7.14. The average Bonchev–Trinajstić information content (AvgIpc) is 3.36. The van der Waals surface area contributed by atoms with Crippen molar-refractivity contribution in [3.8, 4) is 11.5 Å². The maximum Gasteiger partial charge on any atom is 0.338 e. The minimum absolute atomic E-state index is 0.210. The van der Waals surface area contributed by atoms with Gasteiger partial charge in [0.1, 0.15) is 22.1 Å². The normalized spacial score (nSPS) is 17.6. The molecule has 5 rings (SSSR count). The number of nitrogens with zero attached hydrogens (tertiary/aromatic N) is 2. The van der Waals surface area contributed by atoms with Crippen LogP contribution in [0.5, 0.6) is 11.5 Å². The number of amides is 1. The Morgan fingerprint density at radius 2 is 1.84 bits per heavy atom. The van der Waals surface area contributed by atoms with Crippen LogP contribution in [0.3, 0.4) is 0 Å². The van der Waals surface area contributed by atoms with E-state index in [9.17, 15) is 14.4 Å². The lowest BCUT2D eigenvalue weighted by Gasteiger charge is -2.26. The van der Waals surface area contributed by atoms with Crippen LogP contribution >= 0.6 is 11.3 Å². The Balaban J connectivity index is 1.85. The molecule has 2 aliphatic rings. The van der Waals surface area contributed by atoms with Gasteiger partial charge < -0.3 is 19.5 Å². The highest BCUT2D eigenvalue weighted by molar-refractivity contribution is 7.07. The van der Waals surface area contributed by atoms with Crippen LogP contribution in [0.25, 0.3) is 5.57 Å². The van der Waals surface area contributed by atoms with Gasteiger partial charge >= 0.3 is 5.97 Å². The number of carbonyl (C=O) groups is 2. The standard InChI is InChI=1S/C28H27N3O6S/c1-13(2)37-27(34)21-15(4)29-28-31(23(21)18-12-16(35-5)8-10-20(18)36-6)26(33)24(38-28)22-17-11-14(3)7-9-19(17)30-25(22)32/h7-13,23H,1-6H3,(H,30,32)/b24-22+/t23-/m1/s1. The monoisotopic (exact) mass is 533 g/mol. The molecule has 1 amide bonds. The molecule has 3 aromatic rings. The van der Waals surface area contributed by atoms with Gasteiger partial charge in [-0.2, -0.15) is 0 Å². The third kappa shape index (κ3) is 4.10. The fourth-order valence-corrected chi connectivity index (χ4v) is 5.91. The highest BCUT2D eigenvalue weighted by atomic mass is 32.1. The predicted molar refractivity (Wildman–Crippen MR) is 143 cm³/mol. The molecule has 0 radical (unpaired) electrons. The maximum atomic E-state index is 14.1. The van der Waals surface area contributed by atoms with Crippen LogP contribution in [0.2, 0.25) is 0 Å². The molecule has 38 heavy (non-hydrogen) atoms. The molecular formula is C28H27N3O6S. The molecule has 2 aromatic carbocycles. The third-order valence-electron chi connectivity index (χ3n) is 6.44. The van der Waals surface area contributed by atoms with Gasteiger partial charge in [-0.3, -0.25) is 14.2 Å². The van der Waals surface area contributed by atoms with E-state index in [0.717, 1.165) is 16.9 Å². The Morgan fingerprint density at radius 3 is 2.53 bits per heavy atom. The van der Waals surface area contributed by atoms with Crippen LogP contribution in [0.1, 0.15) is 43.5 Å². The van der Waals surface area contributed by atoms with E-state index in [1.165, 1.54) is 18.8 Å². The van der Waals surface area contributed by atoms with Gasteiger partial charge in [-0.05, 0) is 58.0 Å². The Labute approximate surface area is 222 Å². The van der Waals surface area contributed by atoms with Gasteiger partial charge in [0.2, 0.25) is 0 Å². The fourth-order valence-electron chi connectivity index (χ4n) is 4.76. The van der Waals surface area contributed by atoms with Gasteiger partial charge in [0.05, 0.1) is 37.2 Å². The van der Waals surface area contributed by atoms with Gasteiger partial charge in [0.25, 0.3) is 11.5 Å². The van der Waals surface area contributed by atoms with Gasteiger partial charge in [0.15, 0.2) is 4.80 Å². The van der Waals surface area contributed by atoms with Gasteiger partial charge in [-0.1, -0.05) is 23.0 Å². The molecule has 1 N–H and O–H groups in total. The lowest BCUT2D eigenvalue weighted by Crippen LogP contribution is -2.41. The number of aryl methyl sites for hydroxylation is 1. The van der Waals surface area contributed by atoms with E-state index in [4.69, 9.17) is 14.2 Å². The summed E-state index contributed by atoms with van der Waals surface area (Å²) in [6, 6.07) is 9.86. The number of ether oxygens (including phenoxy) is 3. The molecular weight excluding hydrogens is 506 g/mol. The van der Waals surface area contributed by atoms with Crippen molar-refractivity contribution in [3.63, 3.8) is 0 Å². The number of anilines is 1. The van der Waals surface area contributed by atoms with Crippen LogP contribution in [0, 0.1) is 6.92 Å². The summed E-state index contributed by atoms with van der Waals surface area (Å²) in [5.74, 6) is 0.0323. The molecule has 9 nitrogen and oxygen atoms in total. The molecule has 0 saturated heterocycles. The van der Waals surface area contributed by atoms with E-state index < -0.39 is 17.6 Å². The van der Waals surface area contributed by atoms with Crippen LogP contribution in [0.15, 0.2) is 57.5 Å². The van der Waals surface area contributed by atoms with E-state index >= 15 is 0 Å². The second kappa shape index (κ2) is 9.60. The SMILES string of the molecule is COc1ccc(OC)c([C@@H]2C(C(=O)OC(C)C)=C(C)N=c3s/c(=C4/C(=O)Nc5ccc(C)cc54)c(=O)n32)c1. The Morgan fingerprint density at radius 1 is 1.08 bits per heavy atom. The molecule has 0 bridgehead atoms. The van der Waals surface area contributed by atoms with Crippen LogP contribution < -0.4 is 29.7 Å². The quantitative estimate of drug-likeness (QED) is 0.506. The molecule has 0 saturated carbocycles. The van der Waals surface area contributed by atoms with E-state index in [1.54, 1.807) is 39.0 Å². The number of esters is 1. The van der Waals surface area contributed by atoms with Gasteiger partial charge in [0, 0.05) is 16.8 Å². The van der Waals surface area contributed by atoms with Crippen molar-refractivity contribution in [2.24, 2.45) is 4.99 Å². The summed E-state index contributed by atoms with van der Waals surface area (Å²) >= 11 is 1.11. The van der Waals surface area contributed by atoms with Crippen molar-refractivity contribution < 1.29 is 23.8 Å². The number of aromatic nitrogens is 1. The molecule has 1 atom stereocenters. The zero-order valence-corrected chi connectivity index (χ0v) is 22.7. The highest BCUT2D eigenvalue weighted by Gasteiger charge is 2.37. The lowest BCUT2D eigenvalue weighted by molar-refractivity contribution is -0.143. The van der Waals surface area contributed by atoms with Crippen molar-refractivity contribution in [1.82, 2.24) is 4.57 Å². The second-order valence-electron chi connectivity index (χ2n) is 9.34. The van der Waals surface area contributed by atoms with Crippen molar-refractivity contribution in [3.05, 3.63) is 84.0 Å². The van der Waals surface area contributed by atoms with E-state index in [-0.39, 0.29) is 27.7 Å². The molecule has 0 spiro atoms. The van der Waals surface area contributed by atoms with Crippen molar-refractivity contribution >= 4 is 34.5 Å². The molecule has 0 fully saturated rings. The first-order chi connectivity index (χ1) is 18.1. The summed E-state index contributed by atoms with van der Waals surface area (Å²) in [4.78, 5) is 45.6. The average molecular weight is 534 g/mol. The molecule has 196 valence electrons. The van der Waals surface area contributed by atoms with E-state index in [2.05, 4.69) is 10.3 Å². The maximum absolute atomic E-state index is 14.1. The first-order valence-electron chi connectivity index (χ1n) is 12.0. The number of fused-ring (bicyclic) bond motifs is 2. The Bertz CT molecular complexity index is 1710. The van der Waals surface area contributed by atoms with Crippen molar-refractivity contribution in [2.75, 3.05) is 19.5 Å². The lowest BCUT2D eigenvalue weighted by atomic mass is 9.94. The minimum Gasteiger partial charge on any atom is -0.497 e. The highest BCUT2D eigenvalue weighted by Crippen LogP contribution is 2.38. The summed E-state index contributed by atoms with van der Waals surface area (Å²) < 4.78 is 18.3. The number of benzene rings is 2. The first kappa shape index (κ1) is 25.5. The zero-order chi connectivity index (χ0) is 27.3. The molecule has 0 aliphatic carbocycles. The molecule has 10 heteroatoms. The number of hydrogen-bond donors (Lipinski definition) is 1. The fraction of sp³-hybridized carbons (Fsp3) is 0.286. The summed E-state index contributed by atoms with van der Waals surface area (Å²) in [6.07, 6.45) is -0.385. The summed E-state index contributed by atoms with van der Waals surface area (Å²) in [7, 11) is 3.05. The minimum atomic E-state index is -0.918. The second-order valence-corrected chi connectivity index (χ2v) is 10.3. The first-order valence-corrected chi connectivity index (χ1v) is 12.9. The topological polar surface area (TPSA) is 108 Å². The molecule has 0 unspecified atom stereocenters. The molecule has 3 heterocycles. The van der Waals surface area contributed by atoms with Crippen molar-refractivity contribution in [2.45, 2.75) is 39.8 Å². The Hall–Kier alpha value is -4.18. The van der Waals surface area contributed by atoms with Crippen LogP contribution in [0.4, 0.5) is 5.69 Å².